The van der Waals surface area contributed by atoms with Crippen LogP contribution in [-0.4, -0.2) is 64.4 Å². The summed E-state index contributed by atoms with van der Waals surface area (Å²) in [6.45, 7) is 4.49. The summed E-state index contributed by atoms with van der Waals surface area (Å²) in [5.41, 5.74) is 2.43. The topological polar surface area (TPSA) is 50.6 Å². The van der Waals surface area contributed by atoms with Gasteiger partial charge in [0.2, 0.25) is 0 Å². The minimum Gasteiger partial charge on any atom is -0.375 e. The Hall–Kier alpha value is -1.96. The van der Waals surface area contributed by atoms with Gasteiger partial charge in [0, 0.05) is 43.3 Å². The number of carbonyl (C=O) groups excluding carboxylic acids is 1. The summed E-state index contributed by atoms with van der Waals surface area (Å²) in [7, 11) is 0. The maximum absolute atomic E-state index is 14.7. The molecule has 0 atom stereocenters. The fourth-order valence-corrected chi connectivity index (χ4v) is 4.73. The molecule has 1 amide bonds. The lowest BCUT2D eigenvalue weighted by Gasteiger charge is -2.31. The van der Waals surface area contributed by atoms with Crippen LogP contribution in [0.25, 0.3) is 11.3 Å². The van der Waals surface area contributed by atoms with Crippen molar-refractivity contribution in [1.29, 1.82) is 0 Å². The lowest BCUT2D eigenvalue weighted by molar-refractivity contribution is 0.103. The third-order valence-corrected chi connectivity index (χ3v) is 6.41. The smallest absolute Gasteiger partial charge is 0.345 e. The van der Waals surface area contributed by atoms with Crippen LogP contribution < -0.4 is 0 Å². The number of piperidine rings is 1. The van der Waals surface area contributed by atoms with Crippen LogP contribution in [0.5, 0.6) is 0 Å². The second-order valence-corrected chi connectivity index (χ2v) is 8.05. The Kier molecular flexibility index (Phi) is 4.61. The monoisotopic (exact) mass is 404 g/mol. The lowest BCUT2D eigenvalue weighted by atomic mass is 10.0. The maximum Gasteiger partial charge on any atom is 0.345 e. The number of aromatic nitrogens is 2. The summed E-state index contributed by atoms with van der Waals surface area (Å²) in [4.78, 5) is 17.8. The van der Waals surface area contributed by atoms with Gasteiger partial charge in [0.25, 0.3) is 0 Å². The zero-order valence-electron chi connectivity index (χ0n) is 15.5. The number of rotatable bonds is 1. The van der Waals surface area contributed by atoms with Crippen LogP contribution in [0.4, 0.5) is 9.18 Å². The molecule has 3 saturated heterocycles. The van der Waals surface area contributed by atoms with Gasteiger partial charge in [-0.25, -0.2) is 9.18 Å². The van der Waals surface area contributed by atoms with Crippen LogP contribution >= 0.6 is 11.6 Å². The van der Waals surface area contributed by atoms with Crippen molar-refractivity contribution in [2.24, 2.45) is 0 Å². The molecule has 1 aromatic heterocycles. The Balaban J connectivity index is 1.57. The molecule has 6 rings (SSSR count). The van der Waals surface area contributed by atoms with Crippen LogP contribution in [0.3, 0.4) is 0 Å². The molecule has 8 heteroatoms. The molecule has 2 bridgehead atoms. The van der Waals surface area contributed by atoms with Gasteiger partial charge < -0.3 is 14.5 Å². The average Bonchev–Trinajstić information content (AvgIpc) is 2.85. The molecule has 0 aliphatic carbocycles. The molecular formula is C20H22ClFN4O2. The first-order valence-electron chi connectivity index (χ1n) is 9.79. The number of ether oxygens (including phenoxy) is 1. The molecule has 28 heavy (non-hydrogen) atoms. The first-order chi connectivity index (χ1) is 13.6. The zero-order valence-corrected chi connectivity index (χ0v) is 16.3. The first-order valence-corrected chi connectivity index (χ1v) is 10.2. The summed E-state index contributed by atoms with van der Waals surface area (Å²) in [6.07, 6.45) is 2.57. The van der Waals surface area contributed by atoms with E-state index in [1.807, 2.05) is 4.90 Å². The summed E-state index contributed by atoms with van der Waals surface area (Å²) >= 11 is 5.98. The van der Waals surface area contributed by atoms with Gasteiger partial charge in [-0.3, -0.25) is 0 Å². The van der Waals surface area contributed by atoms with Gasteiger partial charge >= 0.3 is 6.03 Å². The molecule has 1 aromatic carbocycles. The van der Waals surface area contributed by atoms with Gasteiger partial charge in [-0.2, -0.15) is 9.78 Å². The van der Waals surface area contributed by atoms with Crippen molar-refractivity contribution >= 4 is 17.6 Å². The van der Waals surface area contributed by atoms with E-state index < -0.39 is 5.82 Å². The molecule has 3 fully saturated rings. The average molecular weight is 405 g/mol. The number of halogens is 2. The standard InChI is InChI=1S/C20H22ClFN4O2/c21-16-3-1-2-15(18(16)22)19-14-6-11-28-12-17(14)26(23-19)20(27)25-10-9-24-7-4-13(25)5-8-24/h1-3,13H,4-12H2. The Morgan fingerprint density at radius 1 is 1.21 bits per heavy atom. The number of benzene rings is 1. The summed E-state index contributed by atoms with van der Waals surface area (Å²) in [6, 6.07) is 4.98. The SMILES string of the molecule is O=C(N1CCN2CCC1CC2)n1nc(-c2cccc(Cl)c2F)c2c1COCC2. The Morgan fingerprint density at radius 3 is 2.86 bits per heavy atom. The molecular weight excluding hydrogens is 383 g/mol. The third-order valence-electron chi connectivity index (χ3n) is 6.11. The van der Waals surface area contributed by atoms with Gasteiger partial charge in [0.15, 0.2) is 5.82 Å². The number of nitrogens with zero attached hydrogens (tertiary/aromatic N) is 4. The fourth-order valence-electron chi connectivity index (χ4n) is 4.56. The molecule has 2 aromatic rings. The number of hydrogen-bond donors (Lipinski definition) is 0. The maximum atomic E-state index is 14.7. The first kappa shape index (κ1) is 18.1. The van der Waals surface area contributed by atoms with E-state index in [4.69, 9.17) is 16.3 Å². The quantitative estimate of drug-likeness (QED) is 0.732. The van der Waals surface area contributed by atoms with E-state index in [9.17, 15) is 9.18 Å². The van der Waals surface area contributed by atoms with E-state index in [1.165, 1.54) is 10.7 Å². The zero-order chi connectivity index (χ0) is 19.3. The Labute approximate surface area is 167 Å². The number of amides is 1. The molecule has 5 heterocycles. The normalized spacial score (nSPS) is 24.1. The number of hydrogen-bond acceptors (Lipinski definition) is 4. The predicted octanol–water partition coefficient (Wildman–Crippen LogP) is 3.16. The Morgan fingerprint density at radius 2 is 2.04 bits per heavy atom. The van der Waals surface area contributed by atoms with Crippen molar-refractivity contribution in [2.75, 3.05) is 32.8 Å². The minimum absolute atomic E-state index is 0.0535. The molecule has 4 aliphatic rings. The van der Waals surface area contributed by atoms with Crippen LogP contribution in [-0.2, 0) is 17.8 Å². The predicted molar refractivity (Wildman–Crippen MR) is 103 cm³/mol. The van der Waals surface area contributed by atoms with E-state index in [-0.39, 0.29) is 17.1 Å². The van der Waals surface area contributed by atoms with Crippen molar-refractivity contribution in [1.82, 2.24) is 19.6 Å². The molecule has 0 spiro atoms. The van der Waals surface area contributed by atoms with E-state index >= 15 is 0 Å². The second kappa shape index (κ2) is 7.13. The van der Waals surface area contributed by atoms with Gasteiger partial charge in [-0.05, 0) is 31.4 Å². The van der Waals surface area contributed by atoms with E-state index in [0.717, 1.165) is 43.7 Å². The summed E-state index contributed by atoms with van der Waals surface area (Å²) in [5.74, 6) is -0.503. The summed E-state index contributed by atoms with van der Waals surface area (Å²) in [5, 5.41) is 4.64. The molecule has 0 N–H and O–H groups in total. The second-order valence-electron chi connectivity index (χ2n) is 7.64. The van der Waals surface area contributed by atoms with E-state index in [0.29, 0.717) is 37.4 Å². The van der Waals surface area contributed by atoms with Crippen molar-refractivity contribution in [2.45, 2.75) is 31.9 Å². The molecule has 6 nitrogen and oxygen atoms in total. The largest absolute Gasteiger partial charge is 0.375 e. The van der Waals surface area contributed by atoms with Gasteiger partial charge in [0.05, 0.1) is 29.6 Å². The van der Waals surface area contributed by atoms with Crippen molar-refractivity contribution in [3.8, 4) is 11.3 Å². The van der Waals surface area contributed by atoms with Gasteiger partial charge in [0.1, 0.15) is 0 Å². The summed E-state index contributed by atoms with van der Waals surface area (Å²) < 4.78 is 21.7. The lowest BCUT2D eigenvalue weighted by Crippen LogP contribution is -2.44. The fraction of sp³-hybridized carbons (Fsp3) is 0.500. The van der Waals surface area contributed by atoms with Crippen LogP contribution in [0.2, 0.25) is 5.02 Å². The van der Waals surface area contributed by atoms with Gasteiger partial charge in [-0.15, -0.1) is 0 Å². The van der Waals surface area contributed by atoms with Crippen LogP contribution in [0, 0.1) is 5.82 Å². The molecule has 0 radical (unpaired) electrons. The van der Waals surface area contributed by atoms with Crippen molar-refractivity contribution in [3.63, 3.8) is 0 Å². The number of carbonyl (C=O) groups is 1. The third kappa shape index (κ3) is 2.93. The van der Waals surface area contributed by atoms with Crippen molar-refractivity contribution in [3.05, 3.63) is 40.3 Å². The molecule has 0 unspecified atom stereocenters. The van der Waals surface area contributed by atoms with Crippen LogP contribution in [0.1, 0.15) is 24.1 Å². The van der Waals surface area contributed by atoms with E-state index in [1.54, 1.807) is 12.1 Å². The minimum atomic E-state index is -0.503. The molecule has 4 aliphatic heterocycles. The number of fused-ring (bicyclic) bond motifs is 5. The Bertz CT molecular complexity index is 923. The highest BCUT2D eigenvalue weighted by Crippen LogP contribution is 2.33. The highest BCUT2D eigenvalue weighted by atomic mass is 35.5. The van der Waals surface area contributed by atoms with Crippen LogP contribution in [0.15, 0.2) is 18.2 Å². The van der Waals surface area contributed by atoms with E-state index in [2.05, 4.69) is 10.00 Å². The highest BCUT2D eigenvalue weighted by Gasteiger charge is 2.35. The van der Waals surface area contributed by atoms with Crippen molar-refractivity contribution < 1.29 is 13.9 Å². The molecule has 0 saturated carbocycles. The van der Waals surface area contributed by atoms with Gasteiger partial charge in [-0.1, -0.05) is 17.7 Å². The highest BCUT2D eigenvalue weighted by molar-refractivity contribution is 6.31. The molecule has 148 valence electrons.